The zero-order valence-corrected chi connectivity index (χ0v) is 13.2. The van der Waals surface area contributed by atoms with Gasteiger partial charge < -0.3 is 15.8 Å². The Morgan fingerprint density at radius 2 is 2.20 bits per heavy atom. The van der Waals surface area contributed by atoms with Crippen molar-refractivity contribution in [2.75, 3.05) is 18.6 Å². The first kappa shape index (κ1) is 16.7. The van der Waals surface area contributed by atoms with E-state index in [-0.39, 0.29) is 17.6 Å². The quantitative estimate of drug-likeness (QED) is 0.568. The molecule has 0 fully saturated rings. The first-order chi connectivity index (χ1) is 9.47. The van der Waals surface area contributed by atoms with Gasteiger partial charge in [-0.15, -0.1) is 10.2 Å². The van der Waals surface area contributed by atoms with Crippen LogP contribution in [0.1, 0.15) is 20.3 Å². The Bertz CT molecular complexity index is 466. The molecule has 0 aromatic carbocycles. The van der Waals surface area contributed by atoms with E-state index in [1.807, 2.05) is 13.8 Å². The van der Waals surface area contributed by atoms with Crippen LogP contribution in [0.3, 0.4) is 0 Å². The van der Waals surface area contributed by atoms with Crippen LogP contribution < -0.4 is 11.1 Å². The molecule has 112 valence electrons. The summed E-state index contributed by atoms with van der Waals surface area (Å²) in [7, 11) is 1.31. The minimum absolute atomic E-state index is 0.00794. The summed E-state index contributed by atoms with van der Waals surface area (Å²) >= 11 is 2.45. The number of nitrogens with one attached hydrogen (secondary N) is 1. The number of carbonyl (C=O) groups is 2. The standard InChI is InChI=1S/C11H18N4O3S2/c1-4-6(2)8(9(17)18-3)13-7(16)5-19-11-15-14-10(12)20-11/h6,8H,4-5H2,1-3H3,(H2,12,14)(H,13,16)/t6-,8-/m1/s1. The highest BCUT2D eigenvalue weighted by molar-refractivity contribution is 8.01. The highest BCUT2D eigenvalue weighted by atomic mass is 32.2. The zero-order valence-electron chi connectivity index (χ0n) is 11.6. The molecular formula is C11H18N4O3S2. The van der Waals surface area contributed by atoms with E-state index in [1.54, 1.807) is 0 Å². The van der Waals surface area contributed by atoms with Crippen molar-refractivity contribution in [2.24, 2.45) is 5.92 Å². The van der Waals surface area contributed by atoms with Crippen molar-refractivity contribution in [3.63, 3.8) is 0 Å². The number of hydrogen-bond donors (Lipinski definition) is 2. The summed E-state index contributed by atoms with van der Waals surface area (Å²) in [6, 6.07) is -0.627. The summed E-state index contributed by atoms with van der Waals surface area (Å²) in [5.41, 5.74) is 5.45. The second-order valence-electron chi connectivity index (χ2n) is 4.15. The van der Waals surface area contributed by atoms with E-state index in [2.05, 4.69) is 15.5 Å². The van der Waals surface area contributed by atoms with Crippen molar-refractivity contribution >= 4 is 40.1 Å². The maximum absolute atomic E-state index is 11.9. The zero-order chi connectivity index (χ0) is 15.1. The molecule has 0 spiro atoms. The van der Waals surface area contributed by atoms with Crippen molar-refractivity contribution in [3.05, 3.63) is 0 Å². The highest BCUT2D eigenvalue weighted by Crippen LogP contribution is 2.23. The molecule has 0 bridgehead atoms. The molecule has 0 saturated heterocycles. The lowest BCUT2D eigenvalue weighted by molar-refractivity contribution is -0.146. The van der Waals surface area contributed by atoms with E-state index < -0.39 is 12.0 Å². The maximum atomic E-state index is 11.9. The van der Waals surface area contributed by atoms with Crippen LogP contribution in [-0.2, 0) is 14.3 Å². The van der Waals surface area contributed by atoms with Gasteiger partial charge in [-0.05, 0) is 5.92 Å². The third-order valence-corrected chi connectivity index (χ3v) is 4.62. The molecule has 0 aliphatic heterocycles. The van der Waals surface area contributed by atoms with Crippen molar-refractivity contribution in [1.82, 2.24) is 15.5 Å². The van der Waals surface area contributed by atoms with Crippen LogP contribution in [0.2, 0.25) is 0 Å². The molecule has 0 aliphatic carbocycles. The van der Waals surface area contributed by atoms with Crippen molar-refractivity contribution in [1.29, 1.82) is 0 Å². The van der Waals surface area contributed by atoms with E-state index in [9.17, 15) is 9.59 Å². The molecule has 9 heteroatoms. The van der Waals surface area contributed by atoms with Gasteiger partial charge >= 0.3 is 5.97 Å². The number of nitrogens with zero attached hydrogens (tertiary/aromatic N) is 2. The minimum Gasteiger partial charge on any atom is -0.467 e. The van der Waals surface area contributed by atoms with E-state index in [4.69, 9.17) is 10.5 Å². The number of rotatable bonds is 7. The predicted octanol–water partition coefficient (Wildman–Crippen LogP) is 0.916. The predicted molar refractivity (Wildman–Crippen MR) is 78.4 cm³/mol. The van der Waals surface area contributed by atoms with Crippen LogP contribution in [-0.4, -0.2) is 41.0 Å². The van der Waals surface area contributed by atoms with Crippen molar-refractivity contribution in [2.45, 2.75) is 30.6 Å². The molecule has 1 aromatic heterocycles. The Kier molecular flexibility index (Phi) is 6.73. The van der Waals surface area contributed by atoms with Gasteiger partial charge in [-0.25, -0.2) is 4.79 Å². The average molecular weight is 318 g/mol. The number of thioether (sulfide) groups is 1. The fourth-order valence-electron chi connectivity index (χ4n) is 1.42. The van der Waals surface area contributed by atoms with E-state index in [1.165, 1.54) is 30.2 Å². The van der Waals surface area contributed by atoms with Crippen LogP contribution in [0.5, 0.6) is 0 Å². The van der Waals surface area contributed by atoms with Gasteiger partial charge in [-0.1, -0.05) is 43.4 Å². The molecular weight excluding hydrogens is 300 g/mol. The molecule has 0 unspecified atom stereocenters. The fraction of sp³-hybridized carbons (Fsp3) is 0.636. The Balaban J connectivity index is 2.51. The molecule has 0 radical (unpaired) electrons. The fourth-order valence-corrected chi connectivity index (χ4v) is 2.86. The Labute approximate surface area is 125 Å². The van der Waals surface area contributed by atoms with Gasteiger partial charge in [0.15, 0.2) is 4.34 Å². The van der Waals surface area contributed by atoms with Gasteiger partial charge in [0.25, 0.3) is 0 Å². The summed E-state index contributed by atoms with van der Waals surface area (Å²) in [5.74, 6) is -0.524. The SMILES string of the molecule is CC[C@@H](C)[C@@H](NC(=O)CSc1nnc(N)s1)C(=O)OC. The summed E-state index contributed by atoms with van der Waals surface area (Å²) in [5, 5.41) is 10.5. The number of hydrogen-bond acceptors (Lipinski definition) is 8. The summed E-state index contributed by atoms with van der Waals surface area (Å²) in [6.07, 6.45) is 0.764. The number of nitrogen functional groups attached to an aromatic ring is 1. The summed E-state index contributed by atoms with van der Waals surface area (Å²) in [4.78, 5) is 23.5. The smallest absolute Gasteiger partial charge is 0.328 e. The molecule has 7 nitrogen and oxygen atoms in total. The minimum atomic E-state index is -0.627. The monoisotopic (exact) mass is 318 g/mol. The molecule has 0 aliphatic rings. The summed E-state index contributed by atoms with van der Waals surface area (Å²) in [6.45, 7) is 3.84. The Morgan fingerprint density at radius 1 is 1.50 bits per heavy atom. The van der Waals surface area contributed by atoms with Crippen LogP contribution in [0.25, 0.3) is 0 Å². The number of esters is 1. The highest BCUT2D eigenvalue weighted by Gasteiger charge is 2.26. The van der Waals surface area contributed by atoms with E-state index in [0.29, 0.717) is 9.47 Å². The molecule has 1 amide bonds. The first-order valence-electron chi connectivity index (χ1n) is 6.06. The van der Waals surface area contributed by atoms with E-state index >= 15 is 0 Å². The van der Waals surface area contributed by atoms with E-state index in [0.717, 1.165) is 6.42 Å². The molecule has 1 rings (SSSR count). The van der Waals surface area contributed by atoms with Crippen LogP contribution in [0.4, 0.5) is 5.13 Å². The number of ether oxygens (including phenoxy) is 1. The maximum Gasteiger partial charge on any atom is 0.328 e. The van der Waals surface area contributed by atoms with Gasteiger partial charge in [0.1, 0.15) is 6.04 Å². The van der Waals surface area contributed by atoms with Crippen molar-refractivity contribution < 1.29 is 14.3 Å². The largest absolute Gasteiger partial charge is 0.467 e. The van der Waals surface area contributed by atoms with Gasteiger partial charge in [0.2, 0.25) is 11.0 Å². The second kappa shape index (κ2) is 8.05. The van der Waals surface area contributed by atoms with Crippen LogP contribution in [0.15, 0.2) is 4.34 Å². The number of nitrogens with two attached hydrogens (primary N) is 1. The van der Waals surface area contributed by atoms with Crippen LogP contribution in [0, 0.1) is 5.92 Å². The van der Waals surface area contributed by atoms with Gasteiger partial charge in [-0.3, -0.25) is 4.79 Å². The lowest BCUT2D eigenvalue weighted by Gasteiger charge is -2.21. The van der Waals surface area contributed by atoms with Gasteiger partial charge in [0, 0.05) is 0 Å². The van der Waals surface area contributed by atoms with Gasteiger partial charge in [0.05, 0.1) is 12.9 Å². The summed E-state index contributed by atoms with van der Waals surface area (Å²) < 4.78 is 5.33. The number of aromatic nitrogens is 2. The molecule has 2 atom stereocenters. The topological polar surface area (TPSA) is 107 Å². The molecule has 3 N–H and O–H groups in total. The van der Waals surface area contributed by atoms with Crippen LogP contribution >= 0.6 is 23.1 Å². The first-order valence-corrected chi connectivity index (χ1v) is 7.87. The number of methoxy groups -OCH3 is 1. The number of anilines is 1. The third kappa shape index (κ3) is 4.97. The third-order valence-electron chi connectivity index (χ3n) is 2.73. The number of amides is 1. The lowest BCUT2D eigenvalue weighted by atomic mass is 9.99. The van der Waals surface area contributed by atoms with Crippen molar-refractivity contribution in [3.8, 4) is 0 Å². The average Bonchev–Trinajstić information content (AvgIpc) is 2.86. The Morgan fingerprint density at radius 3 is 2.70 bits per heavy atom. The number of carbonyl (C=O) groups excluding carboxylic acids is 2. The molecule has 1 heterocycles. The Hall–Kier alpha value is -1.35. The second-order valence-corrected chi connectivity index (χ2v) is 6.38. The molecule has 1 aromatic rings. The molecule has 0 saturated carbocycles. The molecule has 20 heavy (non-hydrogen) atoms. The lowest BCUT2D eigenvalue weighted by Crippen LogP contribution is -2.46. The van der Waals surface area contributed by atoms with Gasteiger partial charge in [-0.2, -0.15) is 0 Å². The normalized spacial score (nSPS) is 13.6.